The van der Waals surface area contributed by atoms with Crippen molar-refractivity contribution in [3.05, 3.63) is 71.7 Å². The van der Waals surface area contributed by atoms with Gasteiger partial charge in [-0.15, -0.1) is 11.3 Å². The Morgan fingerprint density at radius 2 is 1.81 bits per heavy atom. The molecule has 0 spiro atoms. The van der Waals surface area contributed by atoms with Gasteiger partial charge in [0.25, 0.3) is 0 Å². The summed E-state index contributed by atoms with van der Waals surface area (Å²) in [6.07, 6.45) is 2.16. The number of anilines is 1. The molecule has 2 aromatic carbocycles. The van der Waals surface area contributed by atoms with E-state index in [4.69, 9.17) is 0 Å². The summed E-state index contributed by atoms with van der Waals surface area (Å²) in [5.41, 5.74) is 3.74. The minimum absolute atomic E-state index is 0.0622. The Morgan fingerprint density at radius 3 is 2.58 bits per heavy atom. The summed E-state index contributed by atoms with van der Waals surface area (Å²) < 4.78 is 0. The van der Waals surface area contributed by atoms with E-state index in [1.807, 2.05) is 80.0 Å². The number of rotatable bonds is 7. The predicted octanol–water partition coefficient (Wildman–Crippen LogP) is 4.61. The fourth-order valence-electron chi connectivity index (χ4n) is 3.46. The number of hydrogen-bond donors (Lipinski definition) is 3. The van der Waals surface area contributed by atoms with Crippen LogP contribution in [0.25, 0.3) is 22.2 Å². The topological polar surface area (TPSA) is 86.9 Å². The molecule has 31 heavy (non-hydrogen) atoms. The highest BCUT2D eigenvalue weighted by atomic mass is 32.1. The van der Waals surface area contributed by atoms with E-state index >= 15 is 0 Å². The van der Waals surface area contributed by atoms with Crippen molar-refractivity contribution < 1.29 is 9.59 Å². The number of nitrogens with zero attached hydrogens (tertiary/aromatic N) is 1. The summed E-state index contributed by atoms with van der Waals surface area (Å²) in [5.74, 6) is -0.511. The van der Waals surface area contributed by atoms with Gasteiger partial charge in [-0.1, -0.05) is 62.4 Å². The molecule has 0 radical (unpaired) electrons. The van der Waals surface area contributed by atoms with Crippen LogP contribution in [0, 0.1) is 5.92 Å². The second-order valence-corrected chi connectivity index (χ2v) is 8.58. The summed E-state index contributed by atoms with van der Waals surface area (Å²) >= 11 is 1.37. The lowest BCUT2D eigenvalue weighted by Crippen LogP contribution is -2.47. The molecule has 0 aliphatic rings. The molecule has 0 bridgehead atoms. The maximum absolute atomic E-state index is 12.9. The zero-order valence-electron chi connectivity index (χ0n) is 17.4. The van der Waals surface area contributed by atoms with Gasteiger partial charge in [0.1, 0.15) is 6.04 Å². The van der Waals surface area contributed by atoms with E-state index in [1.165, 1.54) is 11.3 Å². The number of carbonyl (C=O) groups excluding carboxylic acids is 2. The van der Waals surface area contributed by atoms with Crippen molar-refractivity contribution >= 4 is 39.2 Å². The number of para-hydroxylation sites is 1. The van der Waals surface area contributed by atoms with Crippen LogP contribution in [0.2, 0.25) is 0 Å². The maximum atomic E-state index is 12.9. The van der Waals surface area contributed by atoms with Crippen LogP contribution in [-0.2, 0) is 16.0 Å². The van der Waals surface area contributed by atoms with Crippen LogP contribution in [0.1, 0.15) is 19.4 Å². The van der Waals surface area contributed by atoms with Gasteiger partial charge in [0.15, 0.2) is 5.13 Å². The SMILES string of the molecule is CC(C)C(NC(=O)Cc1ccccc1)C(=O)Nc1nc(-c2c[nH]c3ccccc23)cs1. The third kappa shape index (κ3) is 4.83. The normalized spacial score (nSPS) is 12.1. The second-order valence-electron chi connectivity index (χ2n) is 7.73. The third-order valence-corrected chi connectivity index (χ3v) is 5.83. The molecule has 1 unspecified atom stereocenters. The van der Waals surface area contributed by atoms with E-state index in [1.54, 1.807) is 0 Å². The first-order chi connectivity index (χ1) is 15.0. The van der Waals surface area contributed by atoms with Crippen LogP contribution in [-0.4, -0.2) is 27.8 Å². The highest BCUT2D eigenvalue weighted by molar-refractivity contribution is 7.14. The quantitative estimate of drug-likeness (QED) is 0.398. The molecule has 0 saturated heterocycles. The van der Waals surface area contributed by atoms with Gasteiger partial charge in [-0.25, -0.2) is 4.98 Å². The molecule has 4 aromatic rings. The van der Waals surface area contributed by atoms with Gasteiger partial charge < -0.3 is 15.6 Å². The molecule has 3 N–H and O–H groups in total. The molecule has 0 aliphatic heterocycles. The molecule has 0 fully saturated rings. The highest BCUT2D eigenvalue weighted by Gasteiger charge is 2.25. The summed E-state index contributed by atoms with van der Waals surface area (Å²) in [5, 5.41) is 9.24. The standard InChI is InChI=1S/C24H24N4O2S/c1-15(2)22(27-21(29)12-16-8-4-3-5-9-16)23(30)28-24-26-20(14-31-24)18-13-25-19-11-7-6-10-17(18)19/h3-11,13-15,22,25H,12H2,1-2H3,(H,27,29)(H,26,28,30). The zero-order chi connectivity index (χ0) is 21.8. The van der Waals surface area contributed by atoms with E-state index in [9.17, 15) is 9.59 Å². The van der Waals surface area contributed by atoms with Gasteiger partial charge in [0.2, 0.25) is 11.8 Å². The molecule has 2 aromatic heterocycles. The first-order valence-electron chi connectivity index (χ1n) is 10.2. The lowest BCUT2D eigenvalue weighted by Gasteiger charge is -2.21. The van der Waals surface area contributed by atoms with Crippen molar-refractivity contribution in [2.24, 2.45) is 5.92 Å². The van der Waals surface area contributed by atoms with Gasteiger partial charge in [-0.2, -0.15) is 0 Å². The van der Waals surface area contributed by atoms with Crippen molar-refractivity contribution in [1.29, 1.82) is 0 Å². The molecular formula is C24H24N4O2S. The smallest absolute Gasteiger partial charge is 0.248 e. The summed E-state index contributed by atoms with van der Waals surface area (Å²) in [4.78, 5) is 33.2. The number of amides is 2. The third-order valence-electron chi connectivity index (χ3n) is 5.07. The molecule has 0 saturated carbocycles. The van der Waals surface area contributed by atoms with Crippen molar-refractivity contribution in [3.8, 4) is 11.3 Å². The number of nitrogens with one attached hydrogen (secondary N) is 3. The van der Waals surface area contributed by atoms with Crippen molar-refractivity contribution in [3.63, 3.8) is 0 Å². The van der Waals surface area contributed by atoms with E-state index < -0.39 is 6.04 Å². The van der Waals surface area contributed by atoms with E-state index in [0.29, 0.717) is 5.13 Å². The summed E-state index contributed by atoms with van der Waals surface area (Å²) in [6.45, 7) is 3.82. The summed E-state index contributed by atoms with van der Waals surface area (Å²) in [6, 6.07) is 16.9. The average molecular weight is 433 g/mol. The molecule has 2 heterocycles. The maximum Gasteiger partial charge on any atom is 0.248 e. The van der Waals surface area contributed by atoms with Gasteiger partial charge >= 0.3 is 0 Å². The Balaban J connectivity index is 1.44. The largest absolute Gasteiger partial charge is 0.360 e. The minimum Gasteiger partial charge on any atom is -0.360 e. The van der Waals surface area contributed by atoms with Crippen LogP contribution < -0.4 is 10.6 Å². The van der Waals surface area contributed by atoms with Crippen LogP contribution in [0.4, 0.5) is 5.13 Å². The Morgan fingerprint density at radius 1 is 1.06 bits per heavy atom. The number of aromatic amines is 1. The first-order valence-corrected chi connectivity index (χ1v) is 11.1. The number of carbonyl (C=O) groups is 2. The molecule has 2 amide bonds. The number of hydrogen-bond acceptors (Lipinski definition) is 4. The van der Waals surface area contributed by atoms with Crippen LogP contribution in [0.5, 0.6) is 0 Å². The molecule has 7 heteroatoms. The lowest BCUT2D eigenvalue weighted by molar-refractivity contribution is -0.127. The van der Waals surface area contributed by atoms with E-state index in [-0.39, 0.29) is 24.2 Å². The van der Waals surface area contributed by atoms with Crippen LogP contribution in [0.3, 0.4) is 0 Å². The summed E-state index contributed by atoms with van der Waals surface area (Å²) in [7, 11) is 0. The molecular weight excluding hydrogens is 408 g/mol. The van der Waals surface area contributed by atoms with Crippen molar-refractivity contribution in [2.45, 2.75) is 26.3 Å². The molecule has 1 atom stereocenters. The van der Waals surface area contributed by atoms with Gasteiger partial charge in [0, 0.05) is 28.0 Å². The van der Waals surface area contributed by atoms with E-state index in [2.05, 4.69) is 20.6 Å². The number of H-pyrrole nitrogens is 1. The van der Waals surface area contributed by atoms with Gasteiger partial charge in [0.05, 0.1) is 12.1 Å². The minimum atomic E-state index is -0.642. The fourth-order valence-corrected chi connectivity index (χ4v) is 4.18. The van der Waals surface area contributed by atoms with Crippen molar-refractivity contribution in [2.75, 3.05) is 5.32 Å². The molecule has 4 rings (SSSR count). The monoisotopic (exact) mass is 432 g/mol. The Labute approximate surface area is 184 Å². The highest BCUT2D eigenvalue weighted by Crippen LogP contribution is 2.31. The van der Waals surface area contributed by atoms with Crippen molar-refractivity contribution in [1.82, 2.24) is 15.3 Å². The van der Waals surface area contributed by atoms with E-state index in [0.717, 1.165) is 27.7 Å². The fraction of sp³-hybridized carbons (Fsp3) is 0.208. The zero-order valence-corrected chi connectivity index (χ0v) is 18.2. The predicted molar refractivity (Wildman–Crippen MR) is 125 cm³/mol. The van der Waals surface area contributed by atoms with Crippen LogP contribution >= 0.6 is 11.3 Å². The second kappa shape index (κ2) is 9.14. The Hall–Kier alpha value is -3.45. The Bertz CT molecular complexity index is 1200. The number of fused-ring (bicyclic) bond motifs is 1. The van der Waals surface area contributed by atoms with Crippen LogP contribution in [0.15, 0.2) is 66.2 Å². The lowest BCUT2D eigenvalue weighted by atomic mass is 10.0. The first kappa shape index (κ1) is 20.8. The number of thiazole rings is 1. The molecule has 158 valence electrons. The number of aromatic nitrogens is 2. The van der Waals surface area contributed by atoms with Gasteiger partial charge in [-0.05, 0) is 17.5 Å². The molecule has 6 nitrogen and oxygen atoms in total. The number of benzene rings is 2. The Kier molecular flexibility index (Phi) is 6.13. The average Bonchev–Trinajstić information content (AvgIpc) is 3.39. The molecule has 0 aliphatic carbocycles. The van der Waals surface area contributed by atoms with Gasteiger partial charge in [-0.3, -0.25) is 9.59 Å².